The van der Waals surface area contributed by atoms with Gasteiger partial charge in [0.25, 0.3) is 0 Å². The number of sulfone groups is 1. The SMILES string of the molecule is O=C(O)CSc1nc2cnccc2n1C1CCS(=O)(=O)C1. The molecule has 1 saturated heterocycles. The normalized spacial score (nSPS) is 20.9. The molecule has 2 aromatic rings. The first-order valence-electron chi connectivity index (χ1n) is 6.33. The highest BCUT2D eigenvalue weighted by Gasteiger charge is 2.31. The third kappa shape index (κ3) is 2.88. The van der Waals surface area contributed by atoms with E-state index in [2.05, 4.69) is 9.97 Å². The second-order valence-corrected chi connectivity index (χ2v) is 8.04. The summed E-state index contributed by atoms with van der Waals surface area (Å²) in [5.41, 5.74) is 1.44. The predicted octanol–water partition coefficient (Wildman–Crippen LogP) is 0.968. The molecule has 1 aliphatic rings. The van der Waals surface area contributed by atoms with Crippen molar-refractivity contribution in [1.29, 1.82) is 0 Å². The molecule has 3 rings (SSSR count). The number of nitrogens with zero attached hydrogens (tertiary/aromatic N) is 3. The highest BCUT2D eigenvalue weighted by atomic mass is 32.2. The average Bonchev–Trinajstić information content (AvgIpc) is 2.95. The molecule has 0 aliphatic carbocycles. The van der Waals surface area contributed by atoms with Gasteiger partial charge in [0.2, 0.25) is 0 Å². The minimum Gasteiger partial charge on any atom is -0.481 e. The predicted molar refractivity (Wildman–Crippen MR) is 78.2 cm³/mol. The molecule has 0 amide bonds. The van der Waals surface area contributed by atoms with Crippen molar-refractivity contribution in [3.05, 3.63) is 18.5 Å². The first kappa shape index (κ1) is 14.3. The molecule has 7 nitrogen and oxygen atoms in total. The molecule has 112 valence electrons. The van der Waals surface area contributed by atoms with Gasteiger partial charge in [0.15, 0.2) is 15.0 Å². The van der Waals surface area contributed by atoms with E-state index in [0.29, 0.717) is 17.1 Å². The van der Waals surface area contributed by atoms with Crippen molar-refractivity contribution in [3.8, 4) is 0 Å². The van der Waals surface area contributed by atoms with Gasteiger partial charge in [0.05, 0.1) is 35.0 Å². The van der Waals surface area contributed by atoms with Crippen molar-refractivity contribution in [2.75, 3.05) is 17.3 Å². The quantitative estimate of drug-likeness (QED) is 0.835. The molecule has 0 aromatic carbocycles. The van der Waals surface area contributed by atoms with Gasteiger partial charge in [0, 0.05) is 6.20 Å². The summed E-state index contributed by atoms with van der Waals surface area (Å²) in [6.45, 7) is 0. The summed E-state index contributed by atoms with van der Waals surface area (Å²) in [6, 6.07) is 1.58. The van der Waals surface area contributed by atoms with E-state index in [0.717, 1.165) is 17.3 Å². The molecule has 1 unspecified atom stereocenters. The van der Waals surface area contributed by atoms with E-state index in [4.69, 9.17) is 5.11 Å². The molecular weight excluding hydrogens is 314 g/mol. The van der Waals surface area contributed by atoms with Gasteiger partial charge in [-0.1, -0.05) is 11.8 Å². The molecule has 21 heavy (non-hydrogen) atoms. The maximum Gasteiger partial charge on any atom is 0.313 e. The highest BCUT2D eigenvalue weighted by Crippen LogP contribution is 2.32. The van der Waals surface area contributed by atoms with E-state index in [-0.39, 0.29) is 23.3 Å². The second-order valence-electron chi connectivity index (χ2n) is 4.87. The van der Waals surface area contributed by atoms with E-state index in [1.165, 1.54) is 0 Å². The van der Waals surface area contributed by atoms with Gasteiger partial charge >= 0.3 is 5.97 Å². The van der Waals surface area contributed by atoms with E-state index < -0.39 is 15.8 Å². The van der Waals surface area contributed by atoms with Crippen LogP contribution in [0.25, 0.3) is 11.0 Å². The summed E-state index contributed by atoms with van der Waals surface area (Å²) in [5.74, 6) is -0.820. The second kappa shape index (κ2) is 5.30. The summed E-state index contributed by atoms with van der Waals surface area (Å²) in [5, 5.41) is 9.35. The third-order valence-corrected chi connectivity index (χ3v) is 6.05. The van der Waals surface area contributed by atoms with E-state index in [1.807, 2.05) is 4.57 Å². The Morgan fingerprint density at radius 1 is 1.52 bits per heavy atom. The Morgan fingerprint density at radius 3 is 3.00 bits per heavy atom. The Kier molecular flexibility index (Phi) is 3.62. The van der Waals surface area contributed by atoms with Crippen LogP contribution in [0.15, 0.2) is 23.6 Å². The van der Waals surface area contributed by atoms with Gasteiger partial charge < -0.3 is 9.67 Å². The molecule has 0 radical (unpaired) electrons. The van der Waals surface area contributed by atoms with Gasteiger partial charge in [-0.3, -0.25) is 9.78 Å². The summed E-state index contributed by atoms with van der Waals surface area (Å²) < 4.78 is 25.2. The van der Waals surface area contributed by atoms with Gasteiger partial charge in [-0.15, -0.1) is 0 Å². The van der Waals surface area contributed by atoms with E-state index in [9.17, 15) is 13.2 Å². The minimum atomic E-state index is -3.03. The van der Waals surface area contributed by atoms with Crippen LogP contribution < -0.4 is 0 Å². The minimum absolute atomic E-state index is 0.0708. The summed E-state index contributed by atoms with van der Waals surface area (Å²) in [4.78, 5) is 19.1. The van der Waals surface area contributed by atoms with Gasteiger partial charge in [-0.25, -0.2) is 13.4 Å². The molecule has 1 aliphatic heterocycles. The van der Waals surface area contributed by atoms with Crippen LogP contribution in [0.5, 0.6) is 0 Å². The number of aliphatic carboxylic acids is 1. The number of hydrogen-bond acceptors (Lipinski definition) is 6. The van der Waals surface area contributed by atoms with Crippen LogP contribution >= 0.6 is 11.8 Å². The zero-order chi connectivity index (χ0) is 15.0. The fourth-order valence-electron chi connectivity index (χ4n) is 2.49. The lowest BCUT2D eigenvalue weighted by Gasteiger charge is -2.14. The van der Waals surface area contributed by atoms with Crippen LogP contribution in [0.4, 0.5) is 0 Å². The molecule has 0 bridgehead atoms. The number of thioether (sulfide) groups is 1. The van der Waals surface area contributed by atoms with Gasteiger partial charge in [-0.05, 0) is 12.5 Å². The zero-order valence-electron chi connectivity index (χ0n) is 11.0. The fraction of sp³-hybridized carbons (Fsp3) is 0.417. The first-order valence-corrected chi connectivity index (χ1v) is 9.14. The van der Waals surface area contributed by atoms with Crippen LogP contribution in [0, 0.1) is 0 Å². The van der Waals surface area contributed by atoms with E-state index in [1.54, 1.807) is 18.5 Å². The Labute approximate surface area is 125 Å². The number of hydrogen-bond donors (Lipinski definition) is 1. The average molecular weight is 327 g/mol. The van der Waals surface area contributed by atoms with Crippen molar-refractivity contribution >= 4 is 38.6 Å². The molecule has 1 fully saturated rings. The number of imidazole rings is 1. The standard InChI is InChI=1S/C12H13N3O4S2/c16-11(17)6-20-12-14-9-5-13-3-1-10(9)15(12)8-2-4-21(18,19)7-8/h1,3,5,8H,2,4,6-7H2,(H,16,17). The van der Waals surface area contributed by atoms with Crippen LogP contribution in [0.3, 0.4) is 0 Å². The summed E-state index contributed by atoms with van der Waals surface area (Å²) in [6.07, 6.45) is 3.74. The summed E-state index contributed by atoms with van der Waals surface area (Å²) in [7, 11) is -3.03. The van der Waals surface area contributed by atoms with Crippen molar-refractivity contribution in [2.24, 2.45) is 0 Å². The monoisotopic (exact) mass is 327 g/mol. The van der Waals surface area contributed by atoms with Crippen LogP contribution in [-0.4, -0.2) is 51.3 Å². The summed E-state index contributed by atoms with van der Waals surface area (Å²) >= 11 is 1.10. The molecule has 9 heteroatoms. The number of aromatic nitrogens is 3. The largest absolute Gasteiger partial charge is 0.481 e. The van der Waals surface area contributed by atoms with E-state index >= 15 is 0 Å². The van der Waals surface area contributed by atoms with Crippen LogP contribution in [0.1, 0.15) is 12.5 Å². The molecule has 2 aromatic heterocycles. The number of pyridine rings is 1. The maximum absolute atomic E-state index is 11.7. The molecule has 1 N–H and O–H groups in total. The topological polar surface area (TPSA) is 102 Å². The lowest BCUT2D eigenvalue weighted by molar-refractivity contribution is -0.133. The van der Waals surface area contributed by atoms with Crippen LogP contribution in [0.2, 0.25) is 0 Å². The molecule has 0 spiro atoms. The lowest BCUT2D eigenvalue weighted by Crippen LogP contribution is -2.12. The van der Waals surface area contributed by atoms with Crippen molar-refractivity contribution in [2.45, 2.75) is 17.6 Å². The lowest BCUT2D eigenvalue weighted by atomic mass is 10.2. The number of rotatable bonds is 4. The Morgan fingerprint density at radius 2 is 2.33 bits per heavy atom. The van der Waals surface area contributed by atoms with Gasteiger partial charge in [0.1, 0.15) is 5.52 Å². The third-order valence-electron chi connectivity index (χ3n) is 3.36. The molecule has 0 saturated carbocycles. The maximum atomic E-state index is 11.7. The Bertz CT molecular complexity index is 800. The van der Waals surface area contributed by atoms with Gasteiger partial charge in [-0.2, -0.15) is 0 Å². The number of carbonyl (C=O) groups is 1. The highest BCUT2D eigenvalue weighted by molar-refractivity contribution is 7.99. The molecule has 3 heterocycles. The molecule has 1 atom stereocenters. The smallest absolute Gasteiger partial charge is 0.313 e. The zero-order valence-corrected chi connectivity index (χ0v) is 12.6. The Hall–Kier alpha value is -1.61. The number of carboxylic acid groups (broad SMARTS) is 1. The fourth-order valence-corrected chi connectivity index (χ4v) is 4.99. The van der Waals surface area contributed by atoms with Crippen molar-refractivity contribution in [1.82, 2.24) is 14.5 Å². The van der Waals surface area contributed by atoms with Crippen LogP contribution in [-0.2, 0) is 14.6 Å². The molecular formula is C12H13N3O4S2. The van der Waals surface area contributed by atoms with Crippen molar-refractivity contribution < 1.29 is 18.3 Å². The first-order chi connectivity index (χ1) is 9.96. The number of fused-ring (bicyclic) bond motifs is 1. The Balaban J connectivity index is 2.05. The number of carboxylic acids is 1. The van der Waals surface area contributed by atoms with Crippen molar-refractivity contribution in [3.63, 3.8) is 0 Å².